The summed E-state index contributed by atoms with van der Waals surface area (Å²) in [6.07, 6.45) is 1.39. The molecule has 0 radical (unpaired) electrons. The van der Waals surface area contributed by atoms with Crippen molar-refractivity contribution in [3.63, 3.8) is 0 Å². The van der Waals surface area contributed by atoms with Crippen LogP contribution in [0.3, 0.4) is 0 Å². The highest BCUT2D eigenvalue weighted by molar-refractivity contribution is 6.32. The van der Waals surface area contributed by atoms with Gasteiger partial charge in [-0.2, -0.15) is 5.26 Å². The summed E-state index contributed by atoms with van der Waals surface area (Å²) in [7, 11) is 1.41. The Labute approximate surface area is 186 Å². The van der Waals surface area contributed by atoms with Crippen LogP contribution in [0.4, 0.5) is 5.69 Å². The Bertz CT molecular complexity index is 1060. The number of hydrogen-bond acceptors (Lipinski definition) is 6. The summed E-state index contributed by atoms with van der Waals surface area (Å²) in [5.74, 6) is -0.684. The van der Waals surface area contributed by atoms with Crippen LogP contribution >= 0.6 is 11.6 Å². The number of nitrogens with zero attached hydrogens (tertiary/aromatic N) is 1. The van der Waals surface area contributed by atoms with E-state index in [1.54, 1.807) is 19.1 Å². The van der Waals surface area contributed by atoms with E-state index >= 15 is 0 Å². The number of anilines is 1. The van der Waals surface area contributed by atoms with Crippen molar-refractivity contribution in [1.29, 1.82) is 5.26 Å². The van der Waals surface area contributed by atoms with E-state index in [4.69, 9.17) is 25.8 Å². The topological polar surface area (TPSA) is 97.7 Å². The van der Waals surface area contributed by atoms with Crippen LogP contribution in [0, 0.1) is 25.2 Å². The first kappa shape index (κ1) is 23.8. The molecule has 0 aliphatic heterocycles. The second kappa shape index (κ2) is 11.0. The number of nitriles is 1. The van der Waals surface area contributed by atoms with Crippen LogP contribution in [0.25, 0.3) is 6.08 Å². The average molecular weight is 443 g/mol. The second-order valence-electron chi connectivity index (χ2n) is 6.50. The number of methoxy groups -OCH3 is 1. The van der Waals surface area contributed by atoms with Crippen LogP contribution in [0.1, 0.15) is 23.6 Å². The molecule has 0 aromatic heterocycles. The number of amides is 1. The smallest absolute Gasteiger partial charge is 0.344 e. The molecule has 0 fully saturated rings. The van der Waals surface area contributed by atoms with Crippen molar-refractivity contribution in [2.75, 3.05) is 25.6 Å². The van der Waals surface area contributed by atoms with Crippen LogP contribution in [0.15, 0.2) is 35.9 Å². The molecule has 2 aromatic rings. The Morgan fingerprint density at radius 1 is 1.26 bits per heavy atom. The molecule has 0 unspecified atom stereocenters. The Morgan fingerprint density at radius 2 is 2.00 bits per heavy atom. The van der Waals surface area contributed by atoms with Gasteiger partial charge >= 0.3 is 5.97 Å². The molecule has 162 valence electrons. The summed E-state index contributed by atoms with van der Waals surface area (Å²) < 4.78 is 15.5. The lowest BCUT2D eigenvalue weighted by atomic mass is 10.1. The predicted octanol–water partition coefficient (Wildman–Crippen LogP) is 4.45. The third-order valence-corrected chi connectivity index (χ3v) is 4.70. The summed E-state index contributed by atoms with van der Waals surface area (Å²) in [5.41, 5.74) is 2.91. The number of aryl methyl sites for hydroxylation is 1. The van der Waals surface area contributed by atoms with Crippen molar-refractivity contribution in [1.82, 2.24) is 0 Å². The molecule has 0 aliphatic carbocycles. The van der Waals surface area contributed by atoms with Gasteiger partial charge < -0.3 is 19.5 Å². The van der Waals surface area contributed by atoms with Crippen LogP contribution in [0.2, 0.25) is 5.02 Å². The van der Waals surface area contributed by atoms with Crippen LogP contribution in [0.5, 0.6) is 11.5 Å². The Hall–Kier alpha value is -3.50. The summed E-state index contributed by atoms with van der Waals surface area (Å²) in [5, 5.41) is 12.4. The van der Waals surface area contributed by atoms with Gasteiger partial charge in [-0.1, -0.05) is 23.7 Å². The molecule has 2 rings (SSSR count). The number of benzene rings is 2. The van der Waals surface area contributed by atoms with Gasteiger partial charge in [0, 0.05) is 5.69 Å². The van der Waals surface area contributed by atoms with Gasteiger partial charge in [-0.15, -0.1) is 0 Å². The van der Waals surface area contributed by atoms with Crippen molar-refractivity contribution < 1.29 is 23.8 Å². The van der Waals surface area contributed by atoms with Gasteiger partial charge in [-0.25, -0.2) is 4.79 Å². The number of halogens is 1. The molecule has 0 spiro atoms. The summed E-state index contributed by atoms with van der Waals surface area (Å²) in [6, 6.07) is 10.5. The molecular formula is C23H23ClN2O5. The van der Waals surface area contributed by atoms with Crippen molar-refractivity contribution >= 4 is 35.2 Å². The third-order valence-electron chi connectivity index (χ3n) is 4.42. The number of rotatable bonds is 8. The first-order valence-corrected chi connectivity index (χ1v) is 9.83. The first-order chi connectivity index (χ1) is 14.8. The molecule has 0 heterocycles. The maximum atomic E-state index is 12.6. The lowest BCUT2D eigenvalue weighted by Gasteiger charge is -2.13. The molecule has 0 saturated carbocycles. The highest BCUT2D eigenvalue weighted by atomic mass is 35.5. The number of ether oxygens (including phenoxy) is 3. The largest absolute Gasteiger partial charge is 0.493 e. The van der Waals surface area contributed by atoms with Crippen LogP contribution < -0.4 is 14.8 Å². The fraction of sp³-hybridized carbons (Fsp3) is 0.261. The van der Waals surface area contributed by atoms with E-state index in [-0.39, 0.29) is 35.3 Å². The zero-order valence-electron chi connectivity index (χ0n) is 17.7. The van der Waals surface area contributed by atoms with Crippen molar-refractivity contribution in [3.05, 3.63) is 57.6 Å². The predicted molar refractivity (Wildman–Crippen MR) is 118 cm³/mol. The van der Waals surface area contributed by atoms with Gasteiger partial charge in [0.05, 0.1) is 18.7 Å². The first-order valence-electron chi connectivity index (χ1n) is 9.46. The molecule has 0 saturated heterocycles. The van der Waals surface area contributed by atoms with E-state index in [1.165, 1.54) is 19.3 Å². The third kappa shape index (κ3) is 6.24. The van der Waals surface area contributed by atoms with E-state index < -0.39 is 11.9 Å². The SMILES string of the molecule is CCOC(=O)COc1c(Cl)cc(/C=C(\C#N)C(=O)Nc2cccc(C)c2C)cc1OC. The van der Waals surface area contributed by atoms with Gasteiger partial charge in [0.1, 0.15) is 11.6 Å². The fourth-order valence-electron chi connectivity index (χ4n) is 2.69. The minimum Gasteiger partial charge on any atom is -0.493 e. The molecule has 1 amide bonds. The maximum absolute atomic E-state index is 12.6. The van der Waals surface area contributed by atoms with E-state index in [9.17, 15) is 14.9 Å². The summed E-state index contributed by atoms with van der Waals surface area (Å²) >= 11 is 6.28. The normalized spacial score (nSPS) is 10.8. The fourth-order valence-corrected chi connectivity index (χ4v) is 2.96. The van der Waals surface area contributed by atoms with Gasteiger partial charge in [0.15, 0.2) is 18.1 Å². The number of carbonyl (C=O) groups is 2. The van der Waals surface area contributed by atoms with Crippen molar-refractivity contribution in [2.24, 2.45) is 0 Å². The Morgan fingerprint density at radius 3 is 2.65 bits per heavy atom. The van der Waals surface area contributed by atoms with Gasteiger partial charge in [-0.05, 0) is 61.7 Å². The van der Waals surface area contributed by atoms with E-state index in [0.29, 0.717) is 11.3 Å². The number of carbonyl (C=O) groups excluding carboxylic acids is 2. The highest BCUT2D eigenvalue weighted by Crippen LogP contribution is 2.37. The summed E-state index contributed by atoms with van der Waals surface area (Å²) in [6.45, 7) is 5.42. The van der Waals surface area contributed by atoms with E-state index in [1.807, 2.05) is 32.0 Å². The van der Waals surface area contributed by atoms with E-state index in [2.05, 4.69) is 5.32 Å². The number of nitrogens with one attached hydrogen (secondary N) is 1. The van der Waals surface area contributed by atoms with Crippen molar-refractivity contribution in [3.8, 4) is 17.6 Å². The quantitative estimate of drug-likeness (QED) is 0.368. The minimum absolute atomic E-state index is 0.112. The highest BCUT2D eigenvalue weighted by Gasteiger charge is 2.16. The Kier molecular flexibility index (Phi) is 8.47. The standard InChI is InChI=1S/C23H23ClN2O5/c1-5-30-21(27)13-31-22-18(24)10-16(11-20(22)29-4)9-17(12-25)23(28)26-19-8-6-7-14(2)15(19)3/h6-11H,5,13H2,1-4H3,(H,26,28)/b17-9+. The molecule has 31 heavy (non-hydrogen) atoms. The molecule has 7 nitrogen and oxygen atoms in total. The van der Waals surface area contributed by atoms with Crippen LogP contribution in [-0.2, 0) is 14.3 Å². The monoisotopic (exact) mass is 442 g/mol. The molecule has 1 N–H and O–H groups in total. The van der Waals surface area contributed by atoms with E-state index in [0.717, 1.165) is 11.1 Å². The molecular weight excluding hydrogens is 420 g/mol. The maximum Gasteiger partial charge on any atom is 0.344 e. The summed E-state index contributed by atoms with van der Waals surface area (Å²) in [4.78, 5) is 24.1. The molecule has 0 bridgehead atoms. The molecule has 0 aliphatic rings. The van der Waals surface area contributed by atoms with Crippen molar-refractivity contribution in [2.45, 2.75) is 20.8 Å². The number of hydrogen-bond donors (Lipinski definition) is 1. The Balaban J connectivity index is 2.28. The number of esters is 1. The van der Waals surface area contributed by atoms with Gasteiger partial charge in [0.2, 0.25) is 0 Å². The average Bonchev–Trinajstić information content (AvgIpc) is 2.74. The van der Waals surface area contributed by atoms with Gasteiger partial charge in [0.25, 0.3) is 5.91 Å². The molecule has 0 atom stereocenters. The zero-order valence-corrected chi connectivity index (χ0v) is 18.5. The van der Waals surface area contributed by atoms with Crippen LogP contribution in [-0.4, -0.2) is 32.2 Å². The lowest BCUT2D eigenvalue weighted by Crippen LogP contribution is -2.15. The minimum atomic E-state index is -0.547. The zero-order chi connectivity index (χ0) is 23.0. The lowest BCUT2D eigenvalue weighted by molar-refractivity contribution is -0.145. The molecule has 8 heteroatoms. The second-order valence-corrected chi connectivity index (χ2v) is 6.91. The van der Waals surface area contributed by atoms with Gasteiger partial charge in [-0.3, -0.25) is 4.79 Å². The molecule has 2 aromatic carbocycles.